The highest BCUT2D eigenvalue weighted by Gasteiger charge is 2.04. The molecule has 4 heteroatoms. The van der Waals surface area contributed by atoms with E-state index < -0.39 is 0 Å². The quantitative estimate of drug-likeness (QED) is 0.827. The fourth-order valence-corrected chi connectivity index (χ4v) is 2.66. The highest BCUT2D eigenvalue weighted by molar-refractivity contribution is 7.98. The second-order valence-electron chi connectivity index (χ2n) is 4.44. The predicted octanol–water partition coefficient (Wildman–Crippen LogP) is 2.65. The molecular weight excluding hydrogens is 230 g/mol. The van der Waals surface area contributed by atoms with Crippen LogP contribution in [0, 0.1) is 5.92 Å². The predicted molar refractivity (Wildman–Crippen MR) is 75.3 cm³/mol. The first-order valence-electron chi connectivity index (χ1n) is 5.92. The van der Waals surface area contributed by atoms with Crippen LogP contribution in [0.25, 0.3) is 10.9 Å². The second kappa shape index (κ2) is 6.07. The van der Waals surface area contributed by atoms with Crippen LogP contribution >= 0.6 is 11.8 Å². The molecule has 0 unspecified atom stereocenters. The summed E-state index contributed by atoms with van der Waals surface area (Å²) in [5.74, 6) is 1.92. The lowest BCUT2D eigenvalue weighted by Gasteiger charge is -2.11. The molecule has 2 aromatic rings. The molecule has 2 N–H and O–H groups in total. The van der Waals surface area contributed by atoms with E-state index in [9.17, 15) is 0 Å². The molecule has 1 aromatic carbocycles. The monoisotopic (exact) mass is 249 g/mol. The fraction of sp³-hybridized carbons (Fsp3) is 0.462. The summed E-state index contributed by atoms with van der Waals surface area (Å²) in [5, 5.41) is 11.8. The summed E-state index contributed by atoms with van der Waals surface area (Å²) < 4.78 is 0. The summed E-state index contributed by atoms with van der Waals surface area (Å²) in [5.41, 5.74) is 2.44. The van der Waals surface area contributed by atoms with Crippen LogP contribution in [0.3, 0.4) is 0 Å². The number of nitrogens with zero attached hydrogens (tertiary/aromatic N) is 1. The van der Waals surface area contributed by atoms with E-state index in [-0.39, 0.29) is 0 Å². The number of fused-ring (bicyclic) bond motifs is 1. The normalized spacial score (nSPS) is 13.1. The number of thioether (sulfide) groups is 1. The fourth-order valence-electron chi connectivity index (χ4n) is 1.97. The maximum Gasteiger partial charge on any atom is 0.0695 e. The molecule has 92 valence electrons. The smallest absolute Gasteiger partial charge is 0.0695 e. The Morgan fingerprint density at radius 2 is 2.35 bits per heavy atom. The van der Waals surface area contributed by atoms with Crippen LogP contribution in [0.1, 0.15) is 12.5 Å². The van der Waals surface area contributed by atoms with Gasteiger partial charge in [-0.15, -0.1) is 0 Å². The Labute approximate surface area is 106 Å². The lowest BCUT2D eigenvalue weighted by Crippen LogP contribution is -2.22. The molecule has 0 saturated heterocycles. The van der Waals surface area contributed by atoms with Gasteiger partial charge in [0, 0.05) is 11.9 Å². The third kappa shape index (κ3) is 3.23. The van der Waals surface area contributed by atoms with Gasteiger partial charge in [0.25, 0.3) is 0 Å². The van der Waals surface area contributed by atoms with E-state index in [1.165, 1.54) is 16.7 Å². The van der Waals surface area contributed by atoms with E-state index >= 15 is 0 Å². The summed E-state index contributed by atoms with van der Waals surface area (Å²) >= 11 is 1.90. The molecule has 3 nitrogen and oxygen atoms in total. The van der Waals surface area contributed by atoms with E-state index in [2.05, 4.69) is 46.9 Å². The van der Waals surface area contributed by atoms with Crippen LogP contribution in [0.4, 0.5) is 0 Å². The molecule has 0 spiro atoms. The van der Waals surface area contributed by atoms with Crippen molar-refractivity contribution in [1.82, 2.24) is 15.5 Å². The lowest BCUT2D eigenvalue weighted by atomic mass is 10.1. The zero-order valence-corrected chi connectivity index (χ0v) is 11.2. The molecule has 0 aliphatic heterocycles. The van der Waals surface area contributed by atoms with E-state index in [1.807, 2.05) is 18.0 Å². The molecule has 1 aromatic heterocycles. The molecule has 0 fully saturated rings. The number of H-pyrrole nitrogens is 1. The largest absolute Gasteiger partial charge is 0.312 e. The standard InChI is InChI=1S/C13H19N3S/c1-10(9-17-2)6-14-7-11-4-3-5-12-8-15-16-13(11)12/h3-5,8,10,14H,6-7,9H2,1-2H3,(H,15,16)/t10-/m1/s1. The van der Waals surface area contributed by atoms with Gasteiger partial charge in [-0.2, -0.15) is 16.9 Å². The number of hydrogen-bond acceptors (Lipinski definition) is 3. The van der Waals surface area contributed by atoms with Gasteiger partial charge in [-0.05, 0) is 30.0 Å². The van der Waals surface area contributed by atoms with Crippen LogP contribution in [0.5, 0.6) is 0 Å². The van der Waals surface area contributed by atoms with Crippen molar-refractivity contribution < 1.29 is 0 Å². The molecule has 0 aliphatic carbocycles. The minimum Gasteiger partial charge on any atom is -0.312 e. The number of aromatic amines is 1. The summed E-state index contributed by atoms with van der Waals surface area (Å²) in [7, 11) is 0. The molecule has 17 heavy (non-hydrogen) atoms. The van der Waals surface area contributed by atoms with Crippen LogP contribution in [-0.4, -0.2) is 28.8 Å². The zero-order valence-electron chi connectivity index (χ0n) is 10.4. The van der Waals surface area contributed by atoms with Crippen molar-refractivity contribution in [3.05, 3.63) is 30.0 Å². The summed E-state index contributed by atoms with van der Waals surface area (Å²) in [4.78, 5) is 0. The average molecular weight is 249 g/mol. The van der Waals surface area contributed by atoms with Crippen molar-refractivity contribution in [2.45, 2.75) is 13.5 Å². The van der Waals surface area contributed by atoms with Crippen LogP contribution < -0.4 is 5.32 Å². The number of para-hydroxylation sites is 1. The Kier molecular flexibility index (Phi) is 4.45. The summed E-state index contributed by atoms with van der Waals surface area (Å²) in [6.45, 7) is 4.24. The topological polar surface area (TPSA) is 40.7 Å². The molecule has 1 atom stereocenters. The molecule has 0 aliphatic rings. The van der Waals surface area contributed by atoms with Crippen molar-refractivity contribution in [3.8, 4) is 0 Å². The Balaban J connectivity index is 1.92. The number of benzene rings is 1. The van der Waals surface area contributed by atoms with E-state index in [4.69, 9.17) is 0 Å². The van der Waals surface area contributed by atoms with Crippen molar-refractivity contribution >= 4 is 22.7 Å². The molecule has 0 amide bonds. The average Bonchev–Trinajstić information content (AvgIpc) is 2.78. The maximum atomic E-state index is 4.08. The van der Waals surface area contributed by atoms with Gasteiger partial charge in [0.1, 0.15) is 0 Å². The van der Waals surface area contributed by atoms with Crippen molar-refractivity contribution in [3.63, 3.8) is 0 Å². The molecule has 2 rings (SSSR count). The Hall–Kier alpha value is -1.00. The molecule has 0 radical (unpaired) electrons. The Morgan fingerprint density at radius 3 is 3.18 bits per heavy atom. The minimum absolute atomic E-state index is 0.714. The van der Waals surface area contributed by atoms with Crippen LogP contribution in [0.2, 0.25) is 0 Å². The van der Waals surface area contributed by atoms with E-state index in [0.717, 1.165) is 18.6 Å². The highest BCUT2D eigenvalue weighted by atomic mass is 32.2. The maximum absolute atomic E-state index is 4.08. The zero-order chi connectivity index (χ0) is 12.1. The van der Waals surface area contributed by atoms with Crippen molar-refractivity contribution in [1.29, 1.82) is 0 Å². The Bertz CT molecular complexity index is 466. The van der Waals surface area contributed by atoms with Gasteiger partial charge in [0.05, 0.1) is 11.7 Å². The van der Waals surface area contributed by atoms with Gasteiger partial charge < -0.3 is 5.32 Å². The van der Waals surface area contributed by atoms with Gasteiger partial charge in [0.2, 0.25) is 0 Å². The van der Waals surface area contributed by atoms with E-state index in [1.54, 1.807) is 0 Å². The van der Waals surface area contributed by atoms with Crippen molar-refractivity contribution in [2.75, 3.05) is 18.6 Å². The minimum atomic E-state index is 0.714. The molecular formula is C13H19N3S. The molecule has 1 heterocycles. The van der Waals surface area contributed by atoms with Crippen LogP contribution in [0.15, 0.2) is 24.4 Å². The summed E-state index contributed by atoms with van der Waals surface area (Å²) in [6, 6.07) is 6.31. The van der Waals surface area contributed by atoms with Crippen molar-refractivity contribution in [2.24, 2.45) is 5.92 Å². The second-order valence-corrected chi connectivity index (χ2v) is 5.35. The number of nitrogens with one attached hydrogen (secondary N) is 2. The van der Waals surface area contributed by atoms with Crippen LogP contribution in [-0.2, 0) is 6.54 Å². The number of rotatable bonds is 6. The van der Waals surface area contributed by atoms with Gasteiger partial charge in [-0.3, -0.25) is 5.10 Å². The third-order valence-corrected chi connectivity index (χ3v) is 3.72. The van der Waals surface area contributed by atoms with Gasteiger partial charge in [-0.1, -0.05) is 25.1 Å². The SMILES string of the molecule is CSC[C@H](C)CNCc1cccc2cn[nH]c12. The van der Waals surface area contributed by atoms with E-state index in [0.29, 0.717) is 5.92 Å². The van der Waals surface area contributed by atoms with Gasteiger partial charge in [-0.25, -0.2) is 0 Å². The molecule has 0 bridgehead atoms. The Morgan fingerprint density at radius 1 is 1.47 bits per heavy atom. The third-order valence-electron chi connectivity index (χ3n) is 2.82. The lowest BCUT2D eigenvalue weighted by molar-refractivity contribution is 0.560. The van der Waals surface area contributed by atoms with Gasteiger partial charge >= 0.3 is 0 Å². The molecule has 0 saturated carbocycles. The van der Waals surface area contributed by atoms with Gasteiger partial charge in [0.15, 0.2) is 0 Å². The first-order valence-corrected chi connectivity index (χ1v) is 7.31. The highest BCUT2D eigenvalue weighted by Crippen LogP contribution is 2.15. The summed E-state index contributed by atoms with van der Waals surface area (Å²) in [6.07, 6.45) is 4.02. The number of aromatic nitrogens is 2. The first-order chi connectivity index (χ1) is 8.31. The first kappa shape index (κ1) is 12.5. The number of hydrogen-bond donors (Lipinski definition) is 2.